The fraction of sp³-hybridized carbons (Fsp3) is 0.111. The number of hydrogen-bond donors (Lipinski definition) is 1. The van der Waals surface area contributed by atoms with E-state index in [1.54, 1.807) is 23.5 Å². The van der Waals surface area contributed by atoms with Crippen molar-refractivity contribution in [2.75, 3.05) is 0 Å². The summed E-state index contributed by atoms with van der Waals surface area (Å²) in [6, 6.07) is 9.29. The summed E-state index contributed by atoms with van der Waals surface area (Å²) >= 11 is 1.58. The smallest absolute Gasteiger partial charge is 0.187 e. The number of hydrogen-bond acceptors (Lipinski definition) is 4. The van der Waals surface area contributed by atoms with Gasteiger partial charge in [0.05, 0.1) is 11.4 Å². The zero-order chi connectivity index (χ0) is 16.2. The Kier molecular flexibility index (Phi) is 3.04. The molecule has 3 nitrogen and oxygen atoms in total. The van der Waals surface area contributed by atoms with Crippen LogP contribution in [0.3, 0.4) is 0 Å². The third-order valence-electron chi connectivity index (χ3n) is 4.43. The number of carbonyl (C=O) groups is 1. The van der Waals surface area contributed by atoms with Gasteiger partial charge < -0.3 is 5.11 Å². The van der Waals surface area contributed by atoms with E-state index in [4.69, 9.17) is 4.99 Å². The lowest BCUT2D eigenvalue weighted by molar-refractivity contribution is -0.109. The van der Waals surface area contributed by atoms with Gasteiger partial charge in [-0.1, -0.05) is 19.2 Å². The number of aliphatic imine (C=N–C) groups is 1. The van der Waals surface area contributed by atoms with E-state index in [2.05, 4.69) is 13.1 Å². The van der Waals surface area contributed by atoms with Crippen molar-refractivity contribution in [1.82, 2.24) is 0 Å². The van der Waals surface area contributed by atoms with Crippen LogP contribution in [-0.4, -0.2) is 24.7 Å². The van der Waals surface area contributed by atoms with Crippen LogP contribution in [0, 0.1) is 0 Å². The summed E-state index contributed by atoms with van der Waals surface area (Å²) in [5, 5.41) is 14.0. The van der Waals surface area contributed by atoms with E-state index in [0.717, 1.165) is 32.2 Å². The average Bonchev–Trinajstić information content (AvgIpc) is 3.03. The zero-order valence-corrected chi connectivity index (χ0v) is 14.6. The third kappa shape index (κ3) is 2.08. The van der Waals surface area contributed by atoms with E-state index in [0.29, 0.717) is 0 Å². The number of nitrogens with zero attached hydrogens (tertiary/aromatic N) is 1. The molecule has 5 heteroatoms. The maximum atomic E-state index is 12.6. The summed E-state index contributed by atoms with van der Waals surface area (Å²) in [7, 11) is -2.14. The van der Waals surface area contributed by atoms with Crippen LogP contribution < -0.4 is 5.19 Å². The van der Waals surface area contributed by atoms with Crippen LogP contribution in [0.15, 0.2) is 58.1 Å². The minimum atomic E-state index is -2.14. The van der Waals surface area contributed by atoms with Gasteiger partial charge >= 0.3 is 0 Å². The number of thiophene rings is 1. The molecule has 2 heterocycles. The van der Waals surface area contributed by atoms with E-state index in [1.807, 2.05) is 35.7 Å². The maximum absolute atomic E-state index is 12.6. The second kappa shape index (κ2) is 4.88. The highest BCUT2D eigenvalue weighted by molar-refractivity contribution is 7.12. The van der Waals surface area contributed by atoms with Gasteiger partial charge in [-0.05, 0) is 52.2 Å². The third-order valence-corrected chi connectivity index (χ3v) is 8.82. The van der Waals surface area contributed by atoms with Gasteiger partial charge in [-0.25, -0.2) is 4.99 Å². The molecule has 1 aliphatic heterocycles. The van der Waals surface area contributed by atoms with Crippen molar-refractivity contribution in [3.05, 3.63) is 57.9 Å². The van der Waals surface area contributed by atoms with Gasteiger partial charge in [0.2, 0.25) is 0 Å². The molecule has 2 aromatic rings. The molecule has 0 saturated heterocycles. The van der Waals surface area contributed by atoms with Crippen LogP contribution in [0.4, 0.5) is 5.69 Å². The maximum Gasteiger partial charge on any atom is 0.187 e. The molecule has 1 aliphatic carbocycles. The number of carbonyl (C=O) groups excluding carboxylic acids is 1. The molecule has 0 amide bonds. The first-order chi connectivity index (χ1) is 11.0. The second-order valence-corrected chi connectivity index (χ2v) is 11.5. The Balaban J connectivity index is 2.07. The number of rotatable bonds is 1. The standard InChI is InChI=1S/C18H15NO2SSi/c1-23(2)16-10-11(20)5-6-12(16)19-13-7-8-14(21)17(18(13)23)15-4-3-9-22-15/h3-10,20H,1-2H3. The van der Waals surface area contributed by atoms with Gasteiger partial charge in [-0.3, -0.25) is 4.79 Å². The van der Waals surface area contributed by atoms with Gasteiger partial charge in [-0.15, -0.1) is 11.3 Å². The second-order valence-electron chi connectivity index (χ2n) is 6.25. The lowest BCUT2D eigenvalue weighted by Gasteiger charge is -2.35. The Bertz CT molecular complexity index is 921. The van der Waals surface area contributed by atoms with Crippen LogP contribution in [-0.2, 0) is 4.79 Å². The highest BCUT2D eigenvalue weighted by Gasteiger charge is 2.41. The number of aromatic hydroxyl groups is 1. The van der Waals surface area contributed by atoms with Gasteiger partial charge in [0, 0.05) is 10.5 Å². The molecule has 0 radical (unpaired) electrons. The summed E-state index contributed by atoms with van der Waals surface area (Å²) in [6.07, 6.45) is 3.45. The highest BCUT2D eigenvalue weighted by atomic mass is 32.1. The Morgan fingerprint density at radius 2 is 2.00 bits per heavy atom. The Morgan fingerprint density at radius 3 is 2.74 bits per heavy atom. The van der Waals surface area contributed by atoms with Crippen LogP contribution >= 0.6 is 11.3 Å². The van der Waals surface area contributed by atoms with Crippen molar-refractivity contribution >= 4 is 47.4 Å². The molecule has 2 aliphatic rings. The van der Waals surface area contributed by atoms with Crippen LogP contribution in [0.2, 0.25) is 13.1 Å². The topological polar surface area (TPSA) is 49.7 Å². The number of allylic oxidation sites excluding steroid dienone is 4. The average molecular weight is 337 g/mol. The van der Waals surface area contributed by atoms with Crippen molar-refractivity contribution in [1.29, 1.82) is 0 Å². The lowest BCUT2D eigenvalue weighted by atomic mass is 10.0. The number of benzene rings is 1. The van der Waals surface area contributed by atoms with E-state index >= 15 is 0 Å². The summed E-state index contributed by atoms with van der Waals surface area (Å²) in [5.41, 5.74) is 2.58. The molecule has 4 rings (SSSR count). The first-order valence-corrected chi connectivity index (χ1v) is 11.3. The predicted octanol–water partition coefficient (Wildman–Crippen LogP) is 3.59. The number of phenolic OH excluding ortho intramolecular Hbond substituents is 1. The Hall–Kier alpha value is -2.24. The molecule has 23 heavy (non-hydrogen) atoms. The monoisotopic (exact) mass is 337 g/mol. The molecule has 1 aromatic heterocycles. The zero-order valence-electron chi connectivity index (χ0n) is 12.8. The van der Waals surface area contributed by atoms with Crippen LogP contribution in [0.5, 0.6) is 5.75 Å². The molecule has 0 atom stereocenters. The molecule has 0 fully saturated rings. The fourth-order valence-corrected chi connectivity index (χ4v) is 7.44. The summed E-state index contributed by atoms with van der Waals surface area (Å²) < 4.78 is 0. The van der Waals surface area contributed by atoms with Crippen molar-refractivity contribution in [2.24, 2.45) is 4.99 Å². The largest absolute Gasteiger partial charge is 0.508 e. The SMILES string of the molecule is C[Si]1(C)C2=C(c3cccs3)C(=O)C=CC2=Nc2ccc(O)cc21. The normalized spacial score (nSPS) is 18.5. The highest BCUT2D eigenvalue weighted by Crippen LogP contribution is 2.38. The Morgan fingerprint density at radius 1 is 1.17 bits per heavy atom. The van der Waals surface area contributed by atoms with E-state index in [1.165, 1.54) is 0 Å². The first kappa shape index (κ1) is 14.4. The van der Waals surface area contributed by atoms with Crippen molar-refractivity contribution < 1.29 is 9.90 Å². The van der Waals surface area contributed by atoms with Crippen LogP contribution in [0.1, 0.15) is 4.88 Å². The quantitative estimate of drug-likeness (QED) is 0.639. The summed E-state index contributed by atoms with van der Waals surface area (Å²) in [6.45, 7) is 4.44. The van der Waals surface area contributed by atoms with E-state index in [-0.39, 0.29) is 11.5 Å². The van der Waals surface area contributed by atoms with E-state index < -0.39 is 8.07 Å². The van der Waals surface area contributed by atoms with Crippen molar-refractivity contribution in [2.45, 2.75) is 13.1 Å². The predicted molar refractivity (Wildman–Crippen MR) is 97.7 cm³/mol. The number of ketones is 1. The number of fused-ring (bicyclic) bond motifs is 2. The molecule has 114 valence electrons. The molecule has 0 bridgehead atoms. The van der Waals surface area contributed by atoms with Gasteiger partial charge in [0.25, 0.3) is 0 Å². The summed E-state index contributed by atoms with van der Waals surface area (Å²) in [4.78, 5) is 18.3. The van der Waals surface area contributed by atoms with E-state index in [9.17, 15) is 9.90 Å². The molecular formula is C18H15NO2SSi. The van der Waals surface area contributed by atoms with Gasteiger partial charge in [0.1, 0.15) is 13.8 Å². The van der Waals surface area contributed by atoms with Crippen molar-refractivity contribution in [3.63, 3.8) is 0 Å². The lowest BCUT2D eigenvalue weighted by Crippen LogP contribution is -2.50. The minimum Gasteiger partial charge on any atom is -0.508 e. The first-order valence-electron chi connectivity index (χ1n) is 7.42. The van der Waals surface area contributed by atoms with Gasteiger partial charge in [-0.2, -0.15) is 0 Å². The molecular weight excluding hydrogens is 322 g/mol. The molecule has 0 spiro atoms. The minimum absolute atomic E-state index is 0.0468. The molecule has 0 unspecified atom stereocenters. The van der Waals surface area contributed by atoms with Crippen molar-refractivity contribution in [3.8, 4) is 5.75 Å². The summed E-state index contributed by atoms with van der Waals surface area (Å²) in [5.74, 6) is 0.296. The fourth-order valence-electron chi connectivity index (χ4n) is 3.35. The van der Waals surface area contributed by atoms with Crippen LogP contribution in [0.25, 0.3) is 5.57 Å². The molecule has 1 aromatic carbocycles. The Labute approximate surface area is 139 Å². The molecule has 0 saturated carbocycles. The van der Waals surface area contributed by atoms with Gasteiger partial charge in [0.15, 0.2) is 5.78 Å². The molecule has 1 N–H and O–H groups in total. The number of phenols is 1.